The molecule has 1 unspecified atom stereocenters. The van der Waals surface area contributed by atoms with Crippen molar-refractivity contribution in [3.05, 3.63) is 0 Å². The third kappa shape index (κ3) is 6.96. The molecule has 19 heavy (non-hydrogen) atoms. The number of carbonyl (C=O) groups is 1. The minimum Gasteiger partial charge on any atom is -0.481 e. The van der Waals surface area contributed by atoms with Gasteiger partial charge in [0.2, 0.25) is 0 Å². The molecule has 3 nitrogen and oxygen atoms in total. The molecule has 0 rings (SSSR count). The van der Waals surface area contributed by atoms with Gasteiger partial charge in [0.1, 0.15) is 0 Å². The maximum absolute atomic E-state index is 12.1. The molecular formula is C12H23F3O3Si. The maximum Gasteiger partial charge on any atom is 0.389 e. The Labute approximate surface area is 113 Å². The fraction of sp³-hybridized carbons (Fsp3) is 0.917. The number of rotatable bonds is 6. The van der Waals surface area contributed by atoms with E-state index >= 15 is 0 Å². The van der Waals surface area contributed by atoms with Crippen molar-refractivity contribution in [3.63, 3.8) is 0 Å². The van der Waals surface area contributed by atoms with E-state index in [-0.39, 0.29) is 11.6 Å². The molecule has 0 saturated heterocycles. The lowest BCUT2D eigenvalue weighted by Gasteiger charge is -2.36. The summed E-state index contributed by atoms with van der Waals surface area (Å²) in [6.45, 7) is 9.70. The summed E-state index contributed by atoms with van der Waals surface area (Å²) in [5.74, 6) is -2.33. The third-order valence-corrected chi connectivity index (χ3v) is 8.08. The van der Waals surface area contributed by atoms with E-state index in [0.717, 1.165) is 0 Å². The molecule has 7 heteroatoms. The highest BCUT2D eigenvalue weighted by Crippen LogP contribution is 2.37. The summed E-state index contributed by atoms with van der Waals surface area (Å²) in [5.41, 5.74) is 0. The number of carboxylic acids is 1. The molecule has 0 aromatic carbocycles. The molecule has 0 aliphatic rings. The highest BCUT2D eigenvalue weighted by Gasteiger charge is 2.38. The van der Waals surface area contributed by atoms with Crippen LogP contribution in [-0.2, 0) is 9.22 Å². The lowest BCUT2D eigenvalue weighted by Crippen LogP contribution is -2.42. The summed E-state index contributed by atoms with van der Waals surface area (Å²) in [7, 11) is -2.13. The third-order valence-electron chi connectivity index (χ3n) is 3.58. The van der Waals surface area contributed by atoms with Crippen LogP contribution < -0.4 is 0 Å². The molecule has 114 valence electrons. The van der Waals surface area contributed by atoms with E-state index in [2.05, 4.69) is 0 Å². The van der Waals surface area contributed by atoms with Crippen LogP contribution in [0.5, 0.6) is 0 Å². The minimum atomic E-state index is -4.33. The molecule has 0 fully saturated rings. The Balaban J connectivity index is 4.50. The Morgan fingerprint density at radius 2 is 1.74 bits per heavy atom. The van der Waals surface area contributed by atoms with Gasteiger partial charge in [-0.2, -0.15) is 13.2 Å². The van der Waals surface area contributed by atoms with Crippen molar-refractivity contribution in [3.8, 4) is 0 Å². The van der Waals surface area contributed by atoms with Crippen molar-refractivity contribution in [2.75, 3.05) is 6.61 Å². The Kier molecular flexibility index (Phi) is 6.07. The molecule has 0 heterocycles. The molecule has 0 saturated carbocycles. The summed E-state index contributed by atoms with van der Waals surface area (Å²) < 4.78 is 42.0. The minimum absolute atomic E-state index is 0.0971. The SMILES string of the molecule is CC(C)(C)[Si](C)(C)OCC(CCC(F)(F)F)C(=O)O. The van der Waals surface area contributed by atoms with Crippen molar-refractivity contribution in [1.29, 1.82) is 0 Å². The van der Waals surface area contributed by atoms with E-state index in [0.29, 0.717) is 0 Å². The van der Waals surface area contributed by atoms with Gasteiger partial charge in [-0.3, -0.25) is 4.79 Å². The summed E-state index contributed by atoms with van der Waals surface area (Å²) in [5, 5.41) is 8.84. The molecule has 0 amide bonds. The fourth-order valence-electron chi connectivity index (χ4n) is 1.14. The molecule has 0 aromatic heterocycles. The quantitative estimate of drug-likeness (QED) is 0.753. The van der Waals surface area contributed by atoms with Crippen LogP contribution in [-0.4, -0.2) is 32.2 Å². The molecule has 0 aliphatic carbocycles. The van der Waals surface area contributed by atoms with Gasteiger partial charge in [0.25, 0.3) is 0 Å². The van der Waals surface area contributed by atoms with Crippen LogP contribution in [0.3, 0.4) is 0 Å². The molecule has 0 aliphatic heterocycles. The van der Waals surface area contributed by atoms with Gasteiger partial charge in [0, 0.05) is 13.0 Å². The summed E-state index contributed by atoms with van der Waals surface area (Å²) in [6, 6.07) is 0. The van der Waals surface area contributed by atoms with Crippen molar-refractivity contribution in [1.82, 2.24) is 0 Å². The second-order valence-corrected chi connectivity index (χ2v) is 11.1. The van der Waals surface area contributed by atoms with Crippen LogP contribution in [0.25, 0.3) is 0 Å². The second-order valence-electron chi connectivity index (χ2n) is 6.26. The summed E-state index contributed by atoms with van der Waals surface area (Å²) in [4.78, 5) is 11.0. The van der Waals surface area contributed by atoms with E-state index in [1.165, 1.54) is 0 Å². The number of hydrogen-bond acceptors (Lipinski definition) is 2. The van der Waals surface area contributed by atoms with Crippen LogP contribution in [0, 0.1) is 5.92 Å². The lowest BCUT2D eigenvalue weighted by molar-refractivity contribution is -0.150. The first-order valence-electron chi connectivity index (χ1n) is 6.20. The lowest BCUT2D eigenvalue weighted by atomic mass is 10.0. The smallest absolute Gasteiger partial charge is 0.389 e. The van der Waals surface area contributed by atoms with Crippen molar-refractivity contribution >= 4 is 14.3 Å². The van der Waals surface area contributed by atoms with Gasteiger partial charge in [0.15, 0.2) is 8.32 Å². The van der Waals surface area contributed by atoms with Crippen LogP contribution in [0.2, 0.25) is 18.1 Å². The first-order chi connectivity index (χ1) is 8.26. The van der Waals surface area contributed by atoms with Gasteiger partial charge in [-0.15, -0.1) is 0 Å². The van der Waals surface area contributed by atoms with Crippen LogP contribution in [0.4, 0.5) is 13.2 Å². The Morgan fingerprint density at radius 3 is 2.05 bits per heavy atom. The van der Waals surface area contributed by atoms with Gasteiger partial charge >= 0.3 is 12.1 Å². The zero-order valence-corrected chi connectivity index (χ0v) is 13.1. The molecule has 1 N–H and O–H groups in total. The van der Waals surface area contributed by atoms with E-state index in [9.17, 15) is 18.0 Å². The standard InChI is InChI=1S/C12H23F3O3Si/c1-11(2,3)19(4,5)18-8-9(10(16)17)6-7-12(13,14)15/h9H,6-8H2,1-5H3,(H,16,17). The first-order valence-corrected chi connectivity index (χ1v) is 9.10. The number of halogens is 3. The fourth-order valence-corrected chi connectivity index (χ4v) is 2.19. The number of hydrogen-bond donors (Lipinski definition) is 1. The largest absolute Gasteiger partial charge is 0.481 e. The van der Waals surface area contributed by atoms with Gasteiger partial charge in [-0.05, 0) is 24.6 Å². The predicted octanol–water partition coefficient (Wildman–Crippen LogP) is 4.05. The molecular weight excluding hydrogens is 277 g/mol. The molecule has 1 atom stereocenters. The van der Waals surface area contributed by atoms with E-state index in [4.69, 9.17) is 9.53 Å². The average Bonchev–Trinajstić information content (AvgIpc) is 2.12. The van der Waals surface area contributed by atoms with E-state index < -0.39 is 39.2 Å². The Bertz CT molecular complexity index is 308. The monoisotopic (exact) mass is 300 g/mol. The summed E-state index contributed by atoms with van der Waals surface area (Å²) >= 11 is 0. The Morgan fingerprint density at radius 1 is 1.26 bits per heavy atom. The number of aliphatic carboxylic acids is 1. The second kappa shape index (κ2) is 6.26. The van der Waals surface area contributed by atoms with E-state index in [1.807, 2.05) is 33.9 Å². The normalized spacial score (nSPS) is 15.4. The average molecular weight is 300 g/mol. The molecule has 0 radical (unpaired) electrons. The van der Waals surface area contributed by atoms with Gasteiger partial charge < -0.3 is 9.53 Å². The topological polar surface area (TPSA) is 46.5 Å². The molecule has 0 spiro atoms. The zero-order valence-electron chi connectivity index (χ0n) is 12.1. The molecule has 0 bridgehead atoms. The Hall–Kier alpha value is -0.563. The first kappa shape index (κ1) is 18.4. The highest BCUT2D eigenvalue weighted by molar-refractivity contribution is 6.74. The summed E-state index contributed by atoms with van der Waals surface area (Å²) in [6.07, 6.45) is -5.86. The van der Waals surface area contributed by atoms with Crippen LogP contribution >= 0.6 is 0 Å². The van der Waals surface area contributed by atoms with Gasteiger partial charge in [-0.1, -0.05) is 20.8 Å². The van der Waals surface area contributed by atoms with E-state index in [1.54, 1.807) is 0 Å². The van der Waals surface area contributed by atoms with Crippen molar-refractivity contribution < 1.29 is 27.5 Å². The number of carboxylic acid groups (broad SMARTS) is 1. The van der Waals surface area contributed by atoms with Crippen molar-refractivity contribution in [2.24, 2.45) is 5.92 Å². The van der Waals surface area contributed by atoms with Crippen LogP contribution in [0.15, 0.2) is 0 Å². The van der Waals surface area contributed by atoms with Gasteiger partial charge in [0.05, 0.1) is 5.92 Å². The maximum atomic E-state index is 12.1. The number of alkyl halides is 3. The van der Waals surface area contributed by atoms with Crippen molar-refractivity contribution in [2.45, 2.75) is 57.9 Å². The predicted molar refractivity (Wildman–Crippen MR) is 69.6 cm³/mol. The zero-order chi connectivity index (χ0) is 15.5. The highest BCUT2D eigenvalue weighted by atomic mass is 28.4. The van der Waals surface area contributed by atoms with Gasteiger partial charge in [-0.25, -0.2) is 0 Å². The molecule has 0 aromatic rings. The van der Waals surface area contributed by atoms with Crippen LogP contribution in [0.1, 0.15) is 33.6 Å².